The largest absolute Gasteiger partial charge is 0.509 e. The Morgan fingerprint density at radius 3 is 2.42 bits per heavy atom. The minimum Gasteiger partial charge on any atom is -0.246 e. The van der Waals surface area contributed by atoms with Crippen LogP contribution >= 0.6 is 0 Å². The predicted octanol–water partition coefficient (Wildman–Crippen LogP) is 2.62. The summed E-state index contributed by atoms with van der Waals surface area (Å²) < 4.78 is 49.8. The molecule has 0 aliphatic carbocycles. The van der Waals surface area contributed by atoms with E-state index in [0.717, 1.165) is 5.56 Å². The highest BCUT2D eigenvalue weighted by molar-refractivity contribution is 5.75. The van der Waals surface area contributed by atoms with E-state index in [1.807, 2.05) is 6.07 Å². The summed E-state index contributed by atoms with van der Waals surface area (Å²) in [5.74, 6) is -1.85. The zero-order valence-corrected chi connectivity index (χ0v) is 10.2. The number of alkyl halides is 4. The number of carbonyl (C=O) groups excluding carboxylic acids is 1. The van der Waals surface area contributed by atoms with E-state index in [-0.39, 0.29) is 13.1 Å². The SMILES string of the molecule is O=C(C(F)(F)F)[N+]1(CCF)CCc2ccccc2C1. The third-order valence-corrected chi connectivity index (χ3v) is 3.59. The average molecular weight is 276 g/mol. The maximum Gasteiger partial charge on any atom is 0.509 e. The summed E-state index contributed by atoms with van der Waals surface area (Å²) in [4.78, 5) is 11.6. The van der Waals surface area contributed by atoms with Gasteiger partial charge in [-0.15, -0.1) is 0 Å². The van der Waals surface area contributed by atoms with Crippen LogP contribution in [0, 0.1) is 0 Å². The highest BCUT2D eigenvalue weighted by atomic mass is 19.4. The van der Waals surface area contributed by atoms with Gasteiger partial charge in [-0.1, -0.05) is 24.3 Å². The van der Waals surface area contributed by atoms with Gasteiger partial charge in [-0.05, 0) is 5.56 Å². The van der Waals surface area contributed by atoms with Crippen LogP contribution in [-0.2, 0) is 17.8 Å². The molecular formula is C13H14F4NO+. The lowest BCUT2D eigenvalue weighted by atomic mass is 9.97. The molecule has 0 saturated heterocycles. The highest BCUT2D eigenvalue weighted by Gasteiger charge is 2.55. The van der Waals surface area contributed by atoms with Gasteiger partial charge in [0, 0.05) is 12.0 Å². The summed E-state index contributed by atoms with van der Waals surface area (Å²) in [6, 6.07) is 7.05. The van der Waals surface area contributed by atoms with E-state index in [1.165, 1.54) is 0 Å². The van der Waals surface area contributed by atoms with Crippen LogP contribution in [0.2, 0.25) is 0 Å². The van der Waals surface area contributed by atoms with Gasteiger partial charge in [0.1, 0.15) is 19.8 Å². The molecule has 1 amide bonds. The molecule has 0 N–H and O–H groups in total. The molecule has 1 atom stereocenters. The summed E-state index contributed by atoms with van der Waals surface area (Å²) in [5, 5.41) is 0. The first-order chi connectivity index (χ1) is 8.89. The van der Waals surface area contributed by atoms with Crippen LogP contribution in [0.3, 0.4) is 0 Å². The lowest BCUT2D eigenvalue weighted by molar-refractivity contribution is -0.874. The van der Waals surface area contributed by atoms with Crippen LogP contribution in [0.5, 0.6) is 0 Å². The number of hydrogen-bond donors (Lipinski definition) is 0. The molecule has 2 nitrogen and oxygen atoms in total. The van der Waals surface area contributed by atoms with Crippen molar-refractivity contribution in [2.75, 3.05) is 19.8 Å². The van der Waals surface area contributed by atoms with Gasteiger partial charge in [-0.3, -0.25) is 0 Å². The van der Waals surface area contributed by atoms with Crippen LogP contribution in [-0.4, -0.2) is 36.3 Å². The number of rotatable bonds is 2. The van der Waals surface area contributed by atoms with Crippen molar-refractivity contribution >= 4 is 5.91 Å². The summed E-state index contributed by atoms with van der Waals surface area (Å²) >= 11 is 0. The number of benzene rings is 1. The monoisotopic (exact) mass is 276 g/mol. The maximum atomic E-state index is 12.7. The van der Waals surface area contributed by atoms with Crippen LogP contribution in [0.1, 0.15) is 11.1 Å². The van der Waals surface area contributed by atoms with Crippen molar-refractivity contribution in [3.63, 3.8) is 0 Å². The number of fused-ring (bicyclic) bond motifs is 1. The second-order valence-electron chi connectivity index (χ2n) is 4.76. The summed E-state index contributed by atoms with van der Waals surface area (Å²) in [6.45, 7) is -1.45. The lowest BCUT2D eigenvalue weighted by Gasteiger charge is -2.39. The normalized spacial score (nSPS) is 22.9. The zero-order chi connectivity index (χ0) is 14.1. The van der Waals surface area contributed by atoms with Crippen molar-refractivity contribution in [1.29, 1.82) is 0 Å². The van der Waals surface area contributed by atoms with Gasteiger partial charge in [-0.2, -0.15) is 13.2 Å². The van der Waals surface area contributed by atoms with Gasteiger partial charge >= 0.3 is 12.1 Å². The molecule has 2 rings (SSSR count). The van der Waals surface area contributed by atoms with Crippen LogP contribution in [0.15, 0.2) is 24.3 Å². The molecule has 104 valence electrons. The molecule has 1 aliphatic heterocycles. The highest BCUT2D eigenvalue weighted by Crippen LogP contribution is 2.31. The van der Waals surface area contributed by atoms with Crippen LogP contribution in [0.25, 0.3) is 0 Å². The molecule has 0 fully saturated rings. The van der Waals surface area contributed by atoms with Gasteiger partial charge in [0.25, 0.3) is 0 Å². The summed E-state index contributed by atoms with van der Waals surface area (Å²) in [5.41, 5.74) is 1.63. The molecule has 0 saturated carbocycles. The number of nitrogens with zero attached hydrogens (tertiary/aromatic N) is 1. The molecule has 0 radical (unpaired) electrons. The Bertz CT molecular complexity index is 486. The molecule has 1 unspecified atom stereocenters. The molecule has 1 aromatic rings. The quantitative estimate of drug-likeness (QED) is 0.599. The summed E-state index contributed by atoms with van der Waals surface area (Å²) in [6.07, 6.45) is -4.57. The Morgan fingerprint density at radius 1 is 1.21 bits per heavy atom. The topological polar surface area (TPSA) is 17.1 Å². The molecule has 1 aromatic carbocycles. The lowest BCUT2D eigenvalue weighted by Crippen LogP contribution is -2.60. The van der Waals surface area contributed by atoms with E-state index in [4.69, 9.17) is 0 Å². The maximum absolute atomic E-state index is 12.7. The molecule has 1 heterocycles. The van der Waals surface area contributed by atoms with E-state index >= 15 is 0 Å². The fourth-order valence-electron chi connectivity index (χ4n) is 2.59. The second kappa shape index (κ2) is 4.92. The Labute approximate surface area is 108 Å². The molecule has 0 spiro atoms. The standard InChI is InChI=1S/C13H14F4NO/c14-6-8-18(12(19)13(15,16)17)7-5-10-3-1-2-4-11(10)9-18/h1-4H,5-9H2/q+1. The van der Waals surface area contributed by atoms with Gasteiger partial charge in [0.05, 0.1) is 6.54 Å². The predicted molar refractivity (Wildman–Crippen MR) is 60.9 cm³/mol. The first-order valence-corrected chi connectivity index (χ1v) is 6.00. The summed E-state index contributed by atoms with van der Waals surface area (Å²) in [7, 11) is 0. The smallest absolute Gasteiger partial charge is 0.246 e. The fourth-order valence-corrected chi connectivity index (χ4v) is 2.59. The van der Waals surface area contributed by atoms with E-state index in [0.29, 0.717) is 12.0 Å². The van der Waals surface area contributed by atoms with E-state index in [2.05, 4.69) is 0 Å². The minimum atomic E-state index is -4.93. The minimum absolute atomic E-state index is 0.000718. The van der Waals surface area contributed by atoms with Crippen molar-refractivity contribution in [2.45, 2.75) is 19.1 Å². The molecule has 0 bridgehead atoms. The van der Waals surface area contributed by atoms with Crippen molar-refractivity contribution < 1.29 is 26.8 Å². The number of halogens is 4. The van der Waals surface area contributed by atoms with Gasteiger partial charge in [-0.25, -0.2) is 13.7 Å². The third kappa shape index (κ3) is 2.63. The van der Waals surface area contributed by atoms with E-state index in [1.54, 1.807) is 18.2 Å². The molecule has 0 aromatic heterocycles. The number of quaternary nitrogens is 1. The molecule has 1 aliphatic rings. The van der Waals surface area contributed by atoms with Gasteiger partial charge in [0.2, 0.25) is 0 Å². The number of hydrogen-bond acceptors (Lipinski definition) is 1. The Hall–Kier alpha value is -1.43. The zero-order valence-electron chi connectivity index (χ0n) is 10.2. The van der Waals surface area contributed by atoms with Gasteiger partial charge in [0.15, 0.2) is 0 Å². The Morgan fingerprint density at radius 2 is 1.84 bits per heavy atom. The molecule has 6 heteroatoms. The van der Waals surface area contributed by atoms with Crippen molar-refractivity contribution in [2.24, 2.45) is 0 Å². The molecular weight excluding hydrogens is 262 g/mol. The van der Waals surface area contributed by atoms with Crippen molar-refractivity contribution in [3.05, 3.63) is 35.4 Å². The van der Waals surface area contributed by atoms with E-state index < -0.39 is 29.8 Å². The third-order valence-electron chi connectivity index (χ3n) is 3.59. The average Bonchev–Trinajstić information content (AvgIpc) is 2.37. The van der Waals surface area contributed by atoms with Crippen LogP contribution in [0.4, 0.5) is 17.6 Å². The first-order valence-electron chi connectivity index (χ1n) is 6.00. The van der Waals surface area contributed by atoms with Gasteiger partial charge < -0.3 is 0 Å². The number of carbonyl (C=O) groups is 1. The Kier molecular flexibility index (Phi) is 3.62. The van der Waals surface area contributed by atoms with E-state index in [9.17, 15) is 22.4 Å². The fraction of sp³-hybridized carbons (Fsp3) is 0.462. The first kappa shape index (κ1) is 14.0. The Balaban J connectivity index is 2.36. The van der Waals surface area contributed by atoms with Crippen molar-refractivity contribution in [3.8, 4) is 0 Å². The second-order valence-corrected chi connectivity index (χ2v) is 4.76. The van der Waals surface area contributed by atoms with Crippen molar-refractivity contribution in [1.82, 2.24) is 0 Å². The number of amides is 1. The molecule has 19 heavy (non-hydrogen) atoms. The van der Waals surface area contributed by atoms with Crippen LogP contribution < -0.4 is 0 Å².